The molecule has 0 unspecified atom stereocenters. The summed E-state index contributed by atoms with van der Waals surface area (Å²) in [6, 6.07) is 20.7. The number of anilines is 1. The van der Waals surface area contributed by atoms with Crippen molar-refractivity contribution in [1.29, 1.82) is 0 Å². The zero-order valence-corrected chi connectivity index (χ0v) is 18.2. The molecule has 3 aromatic carbocycles. The zero-order valence-electron chi connectivity index (χ0n) is 18.2. The number of fused-ring (bicyclic) bond motifs is 1. The number of amides is 1. The predicted molar refractivity (Wildman–Crippen MR) is 125 cm³/mol. The highest BCUT2D eigenvalue weighted by Gasteiger charge is 2.51. The molecule has 1 amide bonds. The zero-order chi connectivity index (χ0) is 21.6. The van der Waals surface area contributed by atoms with Gasteiger partial charge in [0.05, 0.1) is 5.41 Å². The molecule has 5 rings (SSSR count). The van der Waals surface area contributed by atoms with Gasteiger partial charge in [-0.05, 0) is 77.8 Å². The topological polar surface area (TPSA) is 47.6 Å². The number of nitrogens with one attached hydrogen (secondary N) is 1. The second kappa shape index (κ2) is 7.45. The monoisotopic (exact) mass is 415 g/mol. The van der Waals surface area contributed by atoms with E-state index in [9.17, 15) is 4.79 Å². The fourth-order valence-corrected chi connectivity index (χ4v) is 4.35. The van der Waals surface area contributed by atoms with Gasteiger partial charge in [-0.15, -0.1) is 0 Å². The van der Waals surface area contributed by atoms with Gasteiger partial charge >= 0.3 is 0 Å². The highest BCUT2D eigenvalue weighted by molar-refractivity contribution is 6.01. The van der Waals surface area contributed by atoms with Crippen LogP contribution < -0.4 is 14.8 Å². The first-order valence-electron chi connectivity index (χ1n) is 10.9. The predicted octanol–water partition coefficient (Wildman–Crippen LogP) is 6.43. The van der Waals surface area contributed by atoms with Crippen molar-refractivity contribution in [3.05, 3.63) is 77.4 Å². The Labute approximate surface area is 184 Å². The van der Waals surface area contributed by atoms with Crippen LogP contribution in [0.5, 0.6) is 11.5 Å². The Balaban J connectivity index is 0.00000245. The number of carbonyl (C=O) groups excluding carboxylic acids is 1. The minimum atomic E-state index is -0.473. The van der Waals surface area contributed by atoms with Crippen molar-refractivity contribution in [3.63, 3.8) is 0 Å². The van der Waals surface area contributed by atoms with E-state index >= 15 is 0 Å². The highest BCUT2D eigenvalue weighted by Crippen LogP contribution is 2.51. The third-order valence-electron chi connectivity index (χ3n) is 6.46. The van der Waals surface area contributed by atoms with Crippen molar-refractivity contribution in [2.75, 3.05) is 12.1 Å². The van der Waals surface area contributed by atoms with Crippen molar-refractivity contribution in [2.24, 2.45) is 0 Å². The van der Waals surface area contributed by atoms with Gasteiger partial charge < -0.3 is 14.8 Å². The lowest BCUT2D eigenvalue weighted by Crippen LogP contribution is -2.27. The number of ether oxygens (including phenoxy) is 2. The normalized spacial score (nSPS) is 15.7. The van der Waals surface area contributed by atoms with Crippen LogP contribution in [0.15, 0.2) is 60.7 Å². The molecule has 0 radical (unpaired) electrons. The average Bonchev–Trinajstić information content (AvgIpc) is 3.45. The Kier molecular flexibility index (Phi) is 4.73. The van der Waals surface area contributed by atoms with E-state index in [4.69, 9.17) is 9.47 Å². The van der Waals surface area contributed by atoms with Crippen LogP contribution in [-0.2, 0) is 10.2 Å². The number of hydrogen-bond donors (Lipinski definition) is 1. The Morgan fingerprint density at radius 1 is 1.00 bits per heavy atom. The Morgan fingerprint density at radius 3 is 2.55 bits per heavy atom. The van der Waals surface area contributed by atoms with Crippen LogP contribution in [0, 0.1) is 6.92 Å². The van der Waals surface area contributed by atoms with Crippen LogP contribution in [-0.4, -0.2) is 12.7 Å². The molecule has 0 saturated heterocycles. The summed E-state index contributed by atoms with van der Waals surface area (Å²) < 4.78 is 10.9. The van der Waals surface area contributed by atoms with E-state index in [0.717, 1.165) is 41.2 Å². The van der Waals surface area contributed by atoms with Gasteiger partial charge in [0.1, 0.15) is 0 Å². The summed E-state index contributed by atoms with van der Waals surface area (Å²) in [6.45, 7) is 6.75. The summed E-state index contributed by atoms with van der Waals surface area (Å²) in [5, 5.41) is 3.15. The van der Waals surface area contributed by atoms with Gasteiger partial charge in [0.2, 0.25) is 12.7 Å². The molecule has 0 spiro atoms. The fraction of sp³-hybridized carbons (Fsp3) is 0.296. The van der Waals surface area contributed by atoms with Crippen LogP contribution in [0.3, 0.4) is 0 Å². The Morgan fingerprint density at radius 2 is 1.81 bits per heavy atom. The van der Waals surface area contributed by atoms with E-state index < -0.39 is 5.41 Å². The lowest BCUT2D eigenvalue weighted by molar-refractivity contribution is -0.118. The molecule has 1 fully saturated rings. The molecule has 1 N–H and O–H groups in total. The summed E-state index contributed by atoms with van der Waals surface area (Å²) in [7, 11) is 0. The highest BCUT2D eigenvalue weighted by atomic mass is 16.7. The molecule has 160 valence electrons. The maximum Gasteiger partial charge on any atom is 0.235 e. The molecule has 1 aliphatic heterocycles. The van der Waals surface area contributed by atoms with Crippen LogP contribution >= 0.6 is 0 Å². The van der Waals surface area contributed by atoms with Crippen LogP contribution in [0.1, 0.15) is 50.7 Å². The van der Waals surface area contributed by atoms with Gasteiger partial charge in [0.15, 0.2) is 11.5 Å². The van der Waals surface area contributed by atoms with Crippen molar-refractivity contribution in [2.45, 2.75) is 44.9 Å². The lowest BCUT2D eigenvalue weighted by atomic mass is 9.93. The van der Waals surface area contributed by atoms with Gasteiger partial charge in [-0.25, -0.2) is 0 Å². The number of rotatable bonds is 5. The molecular formula is C27H29NO3. The van der Waals surface area contributed by atoms with Crippen molar-refractivity contribution in [3.8, 4) is 22.6 Å². The second-order valence-electron chi connectivity index (χ2n) is 8.91. The molecular weight excluding hydrogens is 386 g/mol. The first-order valence-corrected chi connectivity index (χ1v) is 10.9. The molecule has 1 aliphatic carbocycles. The van der Waals surface area contributed by atoms with Crippen molar-refractivity contribution < 1.29 is 15.7 Å². The van der Waals surface area contributed by atoms with Crippen LogP contribution in [0.25, 0.3) is 11.1 Å². The van der Waals surface area contributed by atoms with E-state index in [0.29, 0.717) is 5.92 Å². The molecule has 31 heavy (non-hydrogen) atoms. The third kappa shape index (κ3) is 3.56. The number of benzene rings is 3. The van der Waals surface area contributed by atoms with Gasteiger partial charge in [-0.3, -0.25) is 4.79 Å². The van der Waals surface area contributed by atoms with Gasteiger partial charge in [-0.1, -0.05) is 50.2 Å². The van der Waals surface area contributed by atoms with E-state index in [1.807, 2.05) is 24.3 Å². The quantitative estimate of drug-likeness (QED) is 0.522. The van der Waals surface area contributed by atoms with E-state index in [2.05, 4.69) is 62.5 Å². The fourth-order valence-electron chi connectivity index (χ4n) is 4.35. The number of aryl methyl sites for hydroxylation is 1. The first-order chi connectivity index (χ1) is 15.0. The van der Waals surface area contributed by atoms with E-state index in [1.165, 1.54) is 16.7 Å². The average molecular weight is 416 g/mol. The second-order valence-corrected chi connectivity index (χ2v) is 8.91. The Bertz CT molecular complexity index is 1170. The maximum absolute atomic E-state index is 13.2. The summed E-state index contributed by atoms with van der Waals surface area (Å²) >= 11 is 0. The van der Waals surface area contributed by atoms with Gasteiger partial charge in [-0.2, -0.15) is 0 Å². The Hall–Kier alpha value is -3.27. The van der Waals surface area contributed by atoms with Crippen molar-refractivity contribution >= 4 is 11.6 Å². The molecule has 3 aromatic rings. The minimum absolute atomic E-state index is 0. The van der Waals surface area contributed by atoms with Gasteiger partial charge in [0.25, 0.3) is 0 Å². The summed E-state index contributed by atoms with van der Waals surface area (Å²) in [5.74, 6) is 2.00. The number of hydrogen-bond acceptors (Lipinski definition) is 3. The molecule has 1 saturated carbocycles. The summed E-state index contributed by atoms with van der Waals surface area (Å²) in [5.41, 5.74) is 6.23. The van der Waals surface area contributed by atoms with Crippen LogP contribution in [0.4, 0.5) is 5.69 Å². The summed E-state index contributed by atoms with van der Waals surface area (Å²) in [6.07, 6.45) is 1.69. The van der Waals surface area contributed by atoms with E-state index in [-0.39, 0.29) is 14.1 Å². The smallest absolute Gasteiger partial charge is 0.235 e. The SMILES string of the molecule is Cc1cc(NC(=O)C2(c3ccc4c(c3)OCO4)CC2)ccc1-c1cccc(C(C)C)c1.[HH]. The van der Waals surface area contributed by atoms with E-state index in [1.54, 1.807) is 0 Å². The lowest BCUT2D eigenvalue weighted by Gasteiger charge is -2.17. The molecule has 2 aliphatic rings. The largest absolute Gasteiger partial charge is 0.454 e. The number of carbonyl (C=O) groups is 1. The minimum Gasteiger partial charge on any atom is -0.454 e. The standard InChI is InChI=1S/C27H27NO3.H2/c1-17(2)19-5-4-6-20(14-19)23-9-8-22(13-18(23)3)28-26(29)27(11-12-27)21-7-10-24-25(15-21)31-16-30-24;/h4-10,13-15,17H,11-12,16H2,1-3H3,(H,28,29);1H. The third-order valence-corrected chi connectivity index (χ3v) is 6.46. The summed E-state index contributed by atoms with van der Waals surface area (Å²) in [4.78, 5) is 13.2. The van der Waals surface area contributed by atoms with Crippen molar-refractivity contribution in [1.82, 2.24) is 0 Å². The molecule has 4 heteroatoms. The molecule has 0 aromatic heterocycles. The molecule has 4 nitrogen and oxygen atoms in total. The first kappa shape index (κ1) is 19.7. The maximum atomic E-state index is 13.2. The molecule has 0 atom stereocenters. The molecule has 1 heterocycles. The molecule has 0 bridgehead atoms. The van der Waals surface area contributed by atoms with Gasteiger partial charge in [0, 0.05) is 7.11 Å². The van der Waals surface area contributed by atoms with Crippen LogP contribution in [0.2, 0.25) is 0 Å².